The molecule has 0 aliphatic rings. The van der Waals surface area contributed by atoms with E-state index in [1.165, 1.54) is 0 Å². The van der Waals surface area contributed by atoms with Crippen LogP contribution in [0.15, 0.2) is 23.1 Å². The van der Waals surface area contributed by atoms with Crippen LogP contribution >= 0.6 is 12.2 Å². The number of thiocarbonyl (C=S) groups is 1. The first-order valence-corrected chi connectivity index (χ1v) is 7.56. The van der Waals surface area contributed by atoms with Gasteiger partial charge in [0.25, 0.3) is 0 Å². The van der Waals surface area contributed by atoms with Crippen molar-refractivity contribution < 1.29 is 8.42 Å². The number of rotatable bonds is 5. The monoisotopic (exact) mass is 286 g/mol. The molecule has 100 valence electrons. The second kappa shape index (κ2) is 5.77. The SMILES string of the molecule is CCC(NS(=O)(=O)c1ccc(C)cc1C)C(N)=S. The van der Waals surface area contributed by atoms with Gasteiger partial charge < -0.3 is 5.73 Å². The molecule has 0 heterocycles. The molecule has 0 saturated carbocycles. The fraction of sp³-hybridized carbons (Fsp3) is 0.417. The molecule has 1 rings (SSSR count). The van der Waals surface area contributed by atoms with Gasteiger partial charge in [-0.2, -0.15) is 0 Å². The van der Waals surface area contributed by atoms with E-state index in [9.17, 15) is 8.42 Å². The Hall–Kier alpha value is -0.980. The summed E-state index contributed by atoms with van der Waals surface area (Å²) >= 11 is 4.84. The van der Waals surface area contributed by atoms with Crippen LogP contribution in [0.2, 0.25) is 0 Å². The minimum atomic E-state index is -3.58. The zero-order valence-electron chi connectivity index (χ0n) is 10.7. The maximum Gasteiger partial charge on any atom is 0.241 e. The van der Waals surface area contributed by atoms with Crippen molar-refractivity contribution in [2.75, 3.05) is 0 Å². The molecule has 3 N–H and O–H groups in total. The normalized spacial score (nSPS) is 13.3. The molecule has 1 aromatic carbocycles. The molecule has 0 radical (unpaired) electrons. The molecule has 0 fully saturated rings. The Kier molecular flexibility index (Phi) is 4.84. The first kappa shape index (κ1) is 15.1. The van der Waals surface area contributed by atoms with Crippen molar-refractivity contribution in [1.29, 1.82) is 0 Å². The fourth-order valence-electron chi connectivity index (χ4n) is 1.69. The Morgan fingerprint density at radius 3 is 2.50 bits per heavy atom. The first-order valence-electron chi connectivity index (χ1n) is 5.67. The van der Waals surface area contributed by atoms with Crippen LogP contribution in [-0.2, 0) is 10.0 Å². The second-order valence-electron chi connectivity index (χ2n) is 4.25. The van der Waals surface area contributed by atoms with E-state index < -0.39 is 16.1 Å². The first-order chi connectivity index (χ1) is 8.27. The smallest absolute Gasteiger partial charge is 0.241 e. The van der Waals surface area contributed by atoms with Crippen LogP contribution in [0.5, 0.6) is 0 Å². The minimum absolute atomic E-state index is 0.158. The molecule has 0 aromatic heterocycles. The summed E-state index contributed by atoms with van der Waals surface area (Å²) in [6.07, 6.45) is 0.527. The van der Waals surface area contributed by atoms with Crippen LogP contribution in [0, 0.1) is 13.8 Å². The maximum atomic E-state index is 12.2. The summed E-state index contributed by atoms with van der Waals surface area (Å²) in [7, 11) is -3.58. The van der Waals surface area contributed by atoms with Gasteiger partial charge in [0, 0.05) is 0 Å². The van der Waals surface area contributed by atoms with E-state index in [1.807, 2.05) is 19.9 Å². The lowest BCUT2D eigenvalue weighted by atomic mass is 10.2. The number of hydrogen-bond donors (Lipinski definition) is 2. The zero-order valence-corrected chi connectivity index (χ0v) is 12.4. The highest BCUT2D eigenvalue weighted by atomic mass is 32.2. The fourth-order valence-corrected chi connectivity index (χ4v) is 3.52. The van der Waals surface area contributed by atoms with Crippen LogP contribution in [0.1, 0.15) is 24.5 Å². The van der Waals surface area contributed by atoms with Crippen molar-refractivity contribution in [3.8, 4) is 0 Å². The second-order valence-corrected chi connectivity index (χ2v) is 6.41. The Labute approximate surface area is 114 Å². The topological polar surface area (TPSA) is 72.2 Å². The predicted octanol–water partition coefficient (Wildman–Crippen LogP) is 1.65. The Bertz CT molecular complexity index is 553. The van der Waals surface area contributed by atoms with E-state index in [4.69, 9.17) is 18.0 Å². The predicted molar refractivity (Wildman–Crippen MR) is 77.1 cm³/mol. The van der Waals surface area contributed by atoms with Crippen LogP contribution < -0.4 is 10.5 Å². The van der Waals surface area contributed by atoms with E-state index in [2.05, 4.69) is 4.72 Å². The van der Waals surface area contributed by atoms with Gasteiger partial charge in [0.15, 0.2) is 0 Å². The molecule has 0 bridgehead atoms. The molecular weight excluding hydrogens is 268 g/mol. The summed E-state index contributed by atoms with van der Waals surface area (Å²) in [6, 6.07) is 4.68. The van der Waals surface area contributed by atoms with Crippen molar-refractivity contribution in [1.82, 2.24) is 4.72 Å². The number of nitrogens with one attached hydrogen (secondary N) is 1. The van der Waals surface area contributed by atoms with E-state index in [0.717, 1.165) is 5.56 Å². The number of hydrogen-bond acceptors (Lipinski definition) is 3. The maximum absolute atomic E-state index is 12.2. The standard InChI is InChI=1S/C12H18N2O2S2/c1-4-10(12(13)17)14-18(15,16)11-6-5-8(2)7-9(11)3/h5-7,10,14H,4H2,1-3H3,(H2,13,17). The van der Waals surface area contributed by atoms with Crippen LogP contribution in [0.4, 0.5) is 0 Å². The lowest BCUT2D eigenvalue weighted by Crippen LogP contribution is -2.43. The van der Waals surface area contributed by atoms with Crippen molar-refractivity contribution in [2.24, 2.45) is 5.73 Å². The third kappa shape index (κ3) is 3.51. The van der Waals surface area contributed by atoms with Gasteiger partial charge in [-0.05, 0) is 31.9 Å². The summed E-state index contributed by atoms with van der Waals surface area (Å²) in [6.45, 7) is 5.51. The average Bonchev–Trinajstić information content (AvgIpc) is 2.24. The summed E-state index contributed by atoms with van der Waals surface area (Å²) in [5, 5.41) is 0. The molecule has 1 unspecified atom stereocenters. The van der Waals surface area contributed by atoms with E-state index in [1.54, 1.807) is 19.1 Å². The third-order valence-electron chi connectivity index (χ3n) is 2.67. The highest BCUT2D eigenvalue weighted by Crippen LogP contribution is 2.17. The van der Waals surface area contributed by atoms with E-state index >= 15 is 0 Å². The number of benzene rings is 1. The Morgan fingerprint density at radius 2 is 2.06 bits per heavy atom. The van der Waals surface area contributed by atoms with Crippen molar-refractivity contribution in [2.45, 2.75) is 38.1 Å². The van der Waals surface area contributed by atoms with Gasteiger partial charge in [-0.3, -0.25) is 0 Å². The lowest BCUT2D eigenvalue weighted by Gasteiger charge is -2.16. The van der Waals surface area contributed by atoms with Gasteiger partial charge in [-0.15, -0.1) is 0 Å². The molecule has 0 spiro atoms. The molecule has 0 saturated heterocycles. The summed E-state index contributed by atoms with van der Waals surface area (Å²) in [5.41, 5.74) is 7.23. The van der Waals surface area contributed by atoms with Crippen molar-refractivity contribution in [3.63, 3.8) is 0 Å². The van der Waals surface area contributed by atoms with Gasteiger partial charge in [0.2, 0.25) is 10.0 Å². The van der Waals surface area contributed by atoms with Crippen molar-refractivity contribution in [3.05, 3.63) is 29.3 Å². The minimum Gasteiger partial charge on any atom is -0.392 e. The largest absolute Gasteiger partial charge is 0.392 e. The molecular formula is C12H18N2O2S2. The van der Waals surface area contributed by atoms with Gasteiger partial charge in [-0.1, -0.05) is 36.8 Å². The summed E-state index contributed by atoms with van der Waals surface area (Å²) in [4.78, 5) is 0.425. The van der Waals surface area contributed by atoms with Gasteiger partial charge in [-0.25, -0.2) is 13.1 Å². The molecule has 0 aliphatic heterocycles. The average molecular weight is 286 g/mol. The molecule has 1 aromatic rings. The Morgan fingerprint density at radius 1 is 1.44 bits per heavy atom. The molecule has 6 heteroatoms. The molecule has 1 atom stereocenters. The molecule has 4 nitrogen and oxygen atoms in total. The van der Waals surface area contributed by atoms with E-state index in [-0.39, 0.29) is 9.88 Å². The highest BCUT2D eigenvalue weighted by Gasteiger charge is 2.22. The quantitative estimate of drug-likeness (QED) is 0.807. The van der Waals surface area contributed by atoms with Gasteiger partial charge in [0.1, 0.15) is 0 Å². The zero-order chi connectivity index (χ0) is 13.9. The lowest BCUT2D eigenvalue weighted by molar-refractivity contribution is 0.572. The van der Waals surface area contributed by atoms with Gasteiger partial charge >= 0.3 is 0 Å². The van der Waals surface area contributed by atoms with E-state index in [0.29, 0.717) is 12.0 Å². The highest BCUT2D eigenvalue weighted by molar-refractivity contribution is 7.89. The van der Waals surface area contributed by atoms with Crippen LogP contribution in [-0.4, -0.2) is 19.4 Å². The molecule has 0 amide bonds. The summed E-state index contributed by atoms with van der Waals surface area (Å²) < 4.78 is 26.9. The molecule has 0 aliphatic carbocycles. The van der Waals surface area contributed by atoms with Crippen LogP contribution in [0.3, 0.4) is 0 Å². The Balaban J connectivity index is 3.10. The number of aryl methyl sites for hydroxylation is 2. The van der Waals surface area contributed by atoms with Gasteiger partial charge in [0.05, 0.1) is 15.9 Å². The number of nitrogens with two attached hydrogens (primary N) is 1. The molecule has 18 heavy (non-hydrogen) atoms. The van der Waals surface area contributed by atoms with Crippen molar-refractivity contribution >= 4 is 27.2 Å². The van der Waals surface area contributed by atoms with Crippen LogP contribution in [0.25, 0.3) is 0 Å². The number of sulfonamides is 1. The summed E-state index contributed by atoms with van der Waals surface area (Å²) in [5.74, 6) is 0. The third-order valence-corrected chi connectivity index (χ3v) is 4.59.